The van der Waals surface area contributed by atoms with Gasteiger partial charge in [-0.3, -0.25) is 9.59 Å². The Kier molecular flexibility index (Phi) is 5.47. The standard InChI is InChI=1S/C18H24N2O5/c1-17(2,3)13-6-4-12(5-7-13)15(22)19-10-14(21)20-18(16(23)24)8-9-25-11-18/h4-7H,8-11H2,1-3H3,(H,19,22)(H,20,21)(H,23,24). The zero-order chi connectivity index (χ0) is 18.7. The maximum atomic E-state index is 12.1. The Labute approximate surface area is 146 Å². The van der Waals surface area contributed by atoms with E-state index >= 15 is 0 Å². The summed E-state index contributed by atoms with van der Waals surface area (Å²) in [5.41, 5.74) is 0.129. The van der Waals surface area contributed by atoms with Crippen LogP contribution in [0.2, 0.25) is 0 Å². The van der Waals surface area contributed by atoms with E-state index in [1.165, 1.54) is 0 Å². The number of carbonyl (C=O) groups excluding carboxylic acids is 2. The summed E-state index contributed by atoms with van der Waals surface area (Å²) in [6, 6.07) is 7.17. The Bertz CT molecular complexity index is 655. The van der Waals surface area contributed by atoms with Gasteiger partial charge in [0.2, 0.25) is 5.91 Å². The number of nitrogens with one attached hydrogen (secondary N) is 2. The van der Waals surface area contributed by atoms with Crippen LogP contribution in [-0.4, -0.2) is 48.2 Å². The summed E-state index contributed by atoms with van der Waals surface area (Å²) in [5, 5.41) is 14.2. The topological polar surface area (TPSA) is 105 Å². The van der Waals surface area contributed by atoms with E-state index in [1.807, 2.05) is 12.1 Å². The van der Waals surface area contributed by atoms with E-state index in [0.717, 1.165) is 5.56 Å². The molecule has 1 saturated heterocycles. The average molecular weight is 348 g/mol. The van der Waals surface area contributed by atoms with Crippen molar-refractivity contribution >= 4 is 17.8 Å². The Balaban J connectivity index is 1.91. The van der Waals surface area contributed by atoms with Gasteiger partial charge >= 0.3 is 5.97 Å². The summed E-state index contributed by atoms with van der Waals surface area (Å²) >= 11 is 0. The summed E-state index contributed by atoms with van der Waals surface area (Å²) in [5.74, 6) is -2.09. The van der Waals surface area contributed by atoms with Gasteiger partial charge in [-0.2, -0.15) is 0 Å². The number of carboxylic acids is 1. The van der Waals surface area contributed by atoms with E-state index in [9.17, 15) is 19.5 Å². The molecular formula is C18H24N2O5. The lowest BCUT2D eigenvalue weighted by molar-refractivity contribution is -0.147. The van der Waals surface area contributed by atoms with E-state index < -0.39 is 17.4 Å². The van der Waals surface area contributed by atoms with Gasteiger partial charge in [0.05, 0.1) is 13.2 Å². The fourth-order valence-corrected chi connectivity index (χ4v) is 2.58. The van der Waals surface area contributed by atoms with Gasteiger partial charge in [-0.15, -0.1) is 0 Å². The molecule has 1 fully saturated rings. The lowest BCUT2D eigenvalue weighted by atomic mass is 9.87. The number of carbonyl (C=O) groups is 3. The molecule has 1 aliphatic heterocycles. The summed E-state index contributed by atoms with van der Waals surface area (Å²) in [6.45, 7) is 6.15. The quantitative estimate of drug-likeness (QED) is 0.738. The molecule has 136 valence electrons. The monoisotopic (exact) mass is 348 g/mol. The van der Waals surface area contributed by atoms with Crippen molar-refractivity contribution in [2.75, 3.05) is 19.8 Å². The minimum atomic E-state index is -1.41. The van der Waals surface area contributed by atoms with Crippen LogP contribution in [-0.2, 0) is 19.7 Å². The van der Waals surface area contributed by atoms with Gasteiger partial charge in [-0.25, -0.2) is 4.79 Å². The molecule has 0 radical (unpaired) electrons. The van der Waals surface area contributed by atoms with Crippen LogP contribution in [0.4, 0.5) is 0 Å². The van der Waals surface area contributed by atoms with Crippen LogP contribution in [0.1, 0.15) is 43.1 Å². The molecule has 25 heavy (non-hydrogen) atoms. The average Bonchev–Trinajstić information content (AvgIpc) is 3.02. The Morgan fingerprint density at radius 3 is 2.32 bits per heavy atom. The lowest BCUT2D eigenvalue weighted by Gasteiger charge is -2.23. The van der Waals surface area contributed by atoms with E-state index in [4.69, 9.17) is 4.74 Å². The van der Waals surface area contributed by atoms with Gasteiger partial charge in [-0.05, 0) is 23.1 Å². The van der Waals surface area contributed by atoms with Crippen molar-refractivity contribution in [1.29, 1.82) is 0 Å². The van der Waals surface area contributed by atoms with Crippen LogP contribution in [0.5, 0.6) is 0 Å². The molecule has 3 N–H and O–H groups in total. The highest BCUT2D eigenvalue weighted by Crippen LogP contribution is 2.22. The minimum Gasteiger partial charge on any atom is -0.479 e. The molecule has 1 unspecified atom stereocenters. The van der Waals surface area contributed by atoms with Gasteiger partial charge in [0.15, 0.2) is 5.54 Å². The van der Waals surface area contributed by atoms with Crippen molar-refractivity contribution in [2.45, 2.75) is 38.1 Å². The first-order valence-electron chi connectivity index (χ1n) is 8.15. The summed E-state index contributed by atoms with van der Waals surface area (Å²) < 4.78 is 5.07. The van der Waals surface area contributed by atoms with E-state index in [1.54, 1.807) is 12.1 Å². The largest absolute Gasteiger partial charge is 0.479 e. The predicted octanol–water partition coefficient (Wildman–Crippen LogP) is 1.07. The van der Waals surface area contributed by atoms with E-state index in [2.05, 4.69) is 31.4 Å². The molecule has 1 aromatic rings. The Hall–Kier alpha value is -2.41. The number of rotatable bonds is 5. The number of hydrogen-bond donors (Lipinski definition) is 3. The molecule has 2 rings (SSSR count). The molecule has 7 nitrogen and oxygen atoms in total. The fraction of sp³-hybridized carbons (Fsp3) is 0.500. The van der Waals surface area contributed by atoms with Crippen LogP contribution in [0, 0.1) is 0 Å². The number of amides is 2. The smallest absolute Gasteiger partial charge is 0.331 e. The van der Waals surface area contributed by atoms with E-state index in [0.29, 0.717) is 5.56 Å². The first-order valence-corrected chi connectivity index (χ1v) is 8.15. The molecule has 1 atom stereocenters. The molecule has 2 amide bonds. The zero-order valence-corrected chi connectivity index (χ0v) is 14.7. The van der Waals surface area contributed by atoms with Crippen molar-refractivity contribution < 1.29 is 24.2 Å². The van der Waals surface area contributed by atoms with Crippen molar-refractivity contribution in [3.63, 3.8) is 0 Å². The van der Waals surface area contributed by atoms with Gasteiger partial charge in [0.1, 0.15) is 0 Å². The van der Waals surface area contributed by atoms with Crippen molar-refractivity contribution in [2.24, 2.45) is 0 Å². The highest BCUT2D eigenvalue weighted by atomic mass is 16.5. The highest BCUT2D eigenvalue weighted by Gasteiger charge is 2.43. The number of hydrogen-bond acceptors (Lipinski definition) is 4. The maximum Gasteiger partial charge on any atom is 0.331 e. The molecule has 7 heteroatoms. The molecule has 0 bridgehead atoms. The SMILES string of the molecule is CC(C)(C)c1ccc(C(=O)NCC(=O)NC2(C(=O)O)CCOC2)cc1. The third-order valence-corrected chi connectivity index (χ3v) is 4.23. The maximum absolute atomic E-state index is 12.1. The molecule has 0 spiro atoms. The Morgan fingerprint density at radius 2 is 1.84 bits per heavy atom. The van der Waals surface area contributed by atoms with Crippen LogP contribution >= 0.6 is 0 Å². The molecule has 1 aromatic carbocycles. The molecular weight excluding hydrogens is 324 g/mol. The zero-order valence-electron chi connectivity index (χ0n) is 14.7. The minimum absolute atomic E-state index is 0.0105. The van der Waals surface area contributed by atoms with Gasteiger partial charge in [0.25, 0.3) is 5.91 Å². The van der Waals surface area contributed by atoms with Crippen LogP contribution in [0.15, 0.2) is 24.3 Å². The first kappa shape index (κ1) is 18.9. The molecule has 0 saturated carbocycles. The van der Waals surface area contributed by atoms with Crippen molar-refractivity contribution in [3.05, 3.63) is 35.4 Å². The second kappa shape index (κ2) is 7.23. The summed E-state index contributed by atoms with van der Waals surface area (Å²) in [7, 11) is 0. The highest BCUT2D eigenvalue weighted by molar-refractivity contribution is 5.97. The molecule has 1 aliphatic rings. The van der Waals surface area contributed by atoms with Gasteiger partial charge < -0.3 is 20.5 Å². The number of ether oxygens (including phenoxy) is 1. The fourth-order valence-electron chi connectivity index (χ4n) is 2.58. The van der Waals surface area contributed by atoms with Gasteiger partial charge in [-0.1, -0.05) is 32.9 Å². The third-order valence-electron chi connectivity index (χ3n) is 4.23. The molecule has 1 heterocycles. The van der Waals surface area contributed by atoms with Crippen LogP contribution in [0.25, 0.3) is 0 Å². The molecule has 0 aliphatic carbocycles. The second-order valence-corrected chi connectivity index (χ2v) is 7.25. The summed E-state index contributed by atoms with van der Waals surface area (Å²) in [4.78, 5) is 35.5. The van der Waals surface area contributed by atoms with Crippen molar-refractivity contribution in [3.8, 4) is 0 Å². The molecule has 0 aromatic heterocycles. The van der Waals surface area contributed by atoms with E-state index in [-0.39, 0.29) is 37.5 Å². The van der Waals surface area contributed by atoms with Gasteiger partial charge in [0, 0.05) is 18.6 Å². The van der Waals surface area contributed by atoms with Crippen LogP contribution in [0.3, 0.4) is 0 Å². The first-order chi connectivity index (χ1) is 11.6. The normalized spacial score (nSPS) is 20.1. The summed E-state index contributed by atoms with van der Waals surface area (Å²) in [6.07, 6.45) is 0.205. The third kappa shape index (κ3) is 4.57. The van der Waals surface area contributed by atoms with Crippen LogP contribution < -0.4 is 10.6 Å². The number of benzene rings is 1. The van der Waals surface area contributed by atoms with Crippen molar-refractivity contribution in [1.82, 2.24) is 10.6 Å². The number of carboxylic acid groups (broad SMARTS) is 1. The number of aliphatic carboxylic acids is 1. The Morgan fingerprint density at radius 1 is 1.20 bits per heavy atom. The lowest BCUT2D eigenvalue weighted by Crippen LogP contribution is -2.57. The predicted molar refractivity (Wildman–Crippen MR) is 91.4 cm³/mol. The second-order valence-electron chi connectivity index (χ2n) is 7.25.